The van der Waals surface area contributed by atoms with Gasteiger partial charge in [0.15, 0.2) is 6.73 Å². The SMILES string of the molecule is CCCCC[N+](CO)(CCCC)CCCCC.[Br-]. The lowest BCUT2D eigenvalue weighted by molar-refractivity contribution is -0.945. The molecule has 3 heteroatoms. The van der Waals surface area contributed by atoms with Crippen molar-refractivity contribution in [3.05, 3.63) is 0 Å². The van der Waals surface area contributed by atoms with E-state index in [1.165, 1.54) is 71.0 Å². The number of aliphatic hydroxyl groups is 1. The molecule has 0 aromatic carbocycles. The Morgan fingerprint density at radius 3 is 1.39 bits per heavy atom. The van der Waals surface area contributed by atoms with Crippen LogP contribution in [0.2, 0.25) is 0 Å². The van der Waals surface area contributed by atoms with Gasteiger partial charge in [0.2, 0.25) is 0 Å². The molecule has 0 heterocycles. The van der Waals surface area contributed by atoms with Crippen LogP contribution in [0.1, 0.15) is 72.1 Å². The number of hydrogen-bond acceptors (Lipinski definition) is 1. The highest BCUT2D eigenvalue weighted by atomic mass is 79.9. The Morgan fingerprint density at radius 1 is 0.667 bits per heavy atom. The fourth-order valence-electron chi connectivity index (χ4n) is 2.44. The number of nitrogens with zero attached hydrogens (tertiary/aromatic N) is 1. The molecule has 0 amide bonds. The summed E-state index contributed by atoms with van der Waals surface area (Å²) in [7, 11) is 0. The molecule has 0 aliphatic heterocycles. The predicted molar refractivity (Wildman–Crippen MR) is 75.9 cm³/mol. The molecule has 0 aliphatic carbocycles. The summed E-state index contributed by atoms with van der Waals surface area (Å²) in [5.41, 5.74) is 0. The summed E-state index contributed by atoms with van der Waals surface area (Å²) in [5.74, 6) is 0. The van der Waals surface area contributed by atoms with Gasteiger partial charge in [-0.3, -0.25) is 0 Å². The van der Waals surface area contributed by atoms with Crippen molar-refractivity contribution in [3.63, 3.8) is 0 Å². The van der Waals surface area contributed by atoms with Crippen molar-refractivity contribution in [1.29, 1.82) is 0 Å². The second kappa shape index (κ2) is 13.8. The summed E-state index contributed by atoms with van der Waals surface area (Å²) in [4.78, 5) is 0. The van der Waals surface area contributed by atoms with Gasteiger partial charge in [0, 0.05) is 0 Å². The maximum Gasteiger partial charge on any atom is 0.180 e. The molecule has 2 nitrogen and oxygen atoms in total. The predicted octanol–water partition coefficient (Wildman–Crippen LogP) is 0.938. The number of rotatable bonds is 12. The third-order valence-corrected chi connectivity index (χ3v) is 3.76. The highest BCUT2D eigenvalue weighted by Gasteiger charge is 2.24. The maximum atomic E-state index is 9.77. The zero-order chi connectivity index (χ0) is 13.0. The van der Waals surface area contributed by atoms with Crippen LogP contribution in [0.25, 0.3) is 0 Å². The van der Waals surface area contributed by atoms with E-state index in [4.69, 9.17) is 0 Å². The summed E-state index contributed by atoms with van der Waals surface area (Å²) in [6.45, 7) is 10.6. The summed E-state index contributed by atoms with van der Waals surface area (Å²) < 4.78 is 0.952. The largest absolute Gasteiger partial charge is 1.00 e. The number of aliphatic hydroxyl groups excluding tert-OH is 1. The van der Waals surface area contributed by atoms with Crippen molar-refractivity contribution in [1.82, 2.24) is 0 Å². The standard InChI is InChI=1S/C15H34NO.BrH/c1-4-7-10-13-16(15-17,12-9-6-3)14-11-8-5-2;/h17H,4-15H2,1-3H3;1H/q+1;/p-1. The number of unbranched alkanes of at least 4 members (excludes halogenated alkanes) is 5. The second-order valence-electron chi connectivity index (χ2n) is 5.42. The summed E-state index contributed by atoms with van der Waals surface area (Å²) in [5, 5.41) is 9.77. The molecule has 18 heavy (non-hydrogen) atoms. The topological polar surface area (TPSA) is 20.2 Å². The fourth-order valence-corrected chi connectivity index (χ4v) is 2.44. The quantitative estimate of drug-likeness (QED) is 0.322. The molecular formula is C15H34BrNO. The van der Waals surface area contributed by atoms with E-state index in [9.17, 15) is 5.11 Å². The Balaban J connectivity index is 0. The Labute approximate surface area is 125 Å². The second-order valence-corrected chi connectivity index (χ2v) is 5.42. The zero-order valence-corrected chi connectivity index (χ0v) is 14.3. The van der Waals surface area contributed by atoms with Crippen molar-refractivity contribution in [2.75, 3.05) is 26.4 Å². The minimum Gasteiger partial charge on any atom is -1.00 e. The third kappa shape index (κ3) is 9.35. The maximum absolute atomic E-state index is 9.77. The molecule has 0 aliphatic rings. The first-order chi connectivity index (χ1) is 8.24. The smallest absolute Gasteiger partial charge is 0.180 e. The van der Waals surface area contributed by atoms with Crippen LogP contribution in [-0.4, -0.2) is 36.0 Å². The average Bonchev–Trinajstić information content (AvgIpc) is 2.36. The van der Waals surface area contributed by atoms with Crippen LogP contribution in [0, 0.1) is 0 Å². The van der Waals surface area contributed by atoms with Crippen LogP contribution < -0.4 is 17.0 Å². The van der Waals surface area contributed by atoms with Crippen LogP contribution >= 0.6 is 0 Å². The highest BCUT2D eigenvalue weighted by Crippen LogP contribution is 2.14. The molecule has 0 radical (unpaired) electrons. The molecule has 1 N–H and O–H groups in total. The number of halogens is 1. The molecule has 0 aromatic rings. The van der Waals surface area contributed by atoms with E-state index in [1.54, 1.807) is 0 Å². The van der Waals surface area contributed by atoms with Crippen molar-refractivity contribution in [2.24, 2.45) is 0 Å². The van der Waals surface area contributed by atoms with E-state index < -0.39 is 0 Å². The number of quaternary nitrogens is 1. The van der Waals surface area contributed by atoms with Gasteiger partial charge in [-0.05, 0) is 32.1 Å². The molecule has 0 saturated carbocycles. The molecule has 0 aromatic heterocycles. The molecule has 0 rings (SSSR count). The normalized spacial score (nSPS) is 11.3. The average molecular weight is 324 g/mol. The van der Waals surface area contributed by atoms with Gasteiger partial charge in [-0.1, -0.05) is 40.0 Å². The van der Waals surface area contributed by atoms with Crippen LogP contribution in [-0.2, 0) is 0 Å². The van der Waals surface area contributed by atoms with Crippen molar-refractivity contribution in [2.45, 2.75) is 72.1 Å². The monoisotopic (exact) mass is 323 g/mol. The summed E-state index contributed by atoms with van der Waals surface area (Å²) in [6, 6.07) is 0. The highest BCUT2D eigenvalue weighted by molar-refractivity contribution is 4.47. The fraction of sp³-hybridized carbons (Fsp3) is 1.00. The Hall–Kier alpha value is 0.400. The van der Waals surface area contributed by atoms with Gasteiger partial charge in [0.1, 0.15) is 0 Å². The zero-order valence-electron chi connectivity index (χ0n) is 12.8. The van der Waals surface area contributed by atoms with Crippen molar-refractivity contribution in [3.8, 4) is 0 Å². The molecule has 0 atom stereocenters. The molecule has 0 bridgehead atoms. The van der Waals surface area contributed by atoms with E-state index >= 15 is 0 Å². The third-order valence-electron chi connectivity index (χ3n) is 3.76. The van der Waals surface area contributed by atoms with Gasteiger partial charge in [0.05, 0.1) is 19.6 Å². The van der Waals surface area contributed by atoms with Gasteiger partial charge in [-0.25, -0.2) is 0 Å². The lowest BCUT2D eigenvalue weighted by atomic mass is 10.1. The summed E-state index contributed by atoms with van der Waals surface area (Å²) in [6.07, 6.45) is 10.2. The first-order valence-corrected chi connectivity index (χ1v) is 7.70. The first kappa shape index (κ1) is 20.7. The van der Waals surface area contributed by atoms with Gasteiger partial charge in [0.25, 0.3) is 0 Å². The van der Waals surface area contributed by atoms with Crippen LogP contribution in [0.3, 0.4) is 0 Å². The molecular weight excluding hydrogens is 290 g/mol. The van der Waals surface area contributed by atoms with Crippen LogP contribution in [0.5, 0.6) is 0 Å². The lowest BCUT2D eigenvalue weighted by Crippen LogP contribution is -3.00. The van der Waals surface area contributed by atoms with E-state index in [2.05, 4.69) is 20.8 Å². The van der Waals surface area contributed by atoms with E-state index in [0.717, 1.165) is 4.48 Å². The number of hydrogen-bond donors (Lipinski definition) is 1. The van der Waals surface area contributed by atoms with Crippen molar-refractivity contribution >= 4 is 0 Å². The van der Waals surface area contributed by atoms with Gasteiger partial charge in [-0.15, -0.1) is 0 Å². The van der Waals surface area contributed by atoms with Gasteiger partial charge in [-0.2, -0.15) is 0 Å². The molecule has 0 unspecified atom stereocenters. The van der Waals surface area contributed by atoms with Crippen LogP contribution in [0.15, 0.2) is 0 Å². The Morgan fingerprint density at radius 2 is 1.06 bits per heavy atom. The molecule has 112 valence electrons. The van der Waals surface area contributed by atoms with Gasteiger partial charge < -0.3 is 26.6 Å². The van der Waals surface area contributed by atoms with E-state index in [1.807, 2.05) is 0 Å². The minimum absolute atomic E-state index is 0. The van der Waals surface area contributed by atoms with Crippen molar-refractivity contribution < 1.29 is 26.6 Å². The summed E-state index contributed by atoms with van der Waals surface area (Å²) >= 11 is 0. The Kier molecular flexibility index (Phi) is 15.9. The lowest BCUT2D eigenvalue weighted by Gasteiger charge is -2.37. The molecule has 0 spiro atoms. The van der Waals surface area contributed by atoms with E-state index in [-0.39, 0.29) is 17.0 Å². The van der Waals surface area contributed by atoms with E-state index in [0.29, 0.717) is 6.73 Å². The van der Waals surface area contributed by atoms with Gasteiger partial charge >= 0.3 is 0 Å². The molecule has 0 fully saturated rings. The first-order valence-electron chi connectivity index (χ1n) is 7.70. The molecule has 0 saturated heterocycles. The Bertz CT molecular complexity index is 155. The van der Waals surface area contributed by atoms with Crippen LogP contribution in [0.4, 0.5) is 0 Å². The minimum atomic E-state index is 0.